The van der Waals surface area contributed by atoms with E-state index in [0.29, 0.717) is 12.2 Å². The van der Waals surface area contributed by atoms with Crippen LogP contribution in [0.3, 0.4) is 0 Å². The quantitative estimate of drug-likeness (QED) is 0.0699. The fraction of sp³-hybridized carbons (Fsp3) is 0.196. The highest BCUT2D eigenvalue weighted by atomic mass is 35.5. The minimum atomic E-state index is -1.61. The predicted molar refractivity (Wildman–Crippen MR) is 202 cm³/mol. The van der Waals surface area contributed by atoms with Crippen LogP contribution in [0.4, 0.5) is 0 Å². The number of rotatable bonds is 13. The van der Waals surface area contributed by atoms with Crippen LogP contribution in [-0.2, 0) is 15.6 Å². The minimum Gasteiger partial charge on any atom is -0.425 e. The molecule has 2 nitrogen and oxygen atoms in total. The van der Waals surface area contributed by atoms with Gasteiger partial charge in [-0.05, 0) is 58.7 Å². The lowest BCUT2D eigenvalue weighted by Gasteiger charge is -2.61. The van der Waals surface area contributed by atoms with Crippen LogP contribution in [0.15, 0.2) is 182 Å². The second-order valence-corrected chi connectivity index (χ2v) is 13.3. The highest BCUT2D eigenvalue weighted by Gasteiger charge is 2.70. The van der Waals surface area contributed by atoms with Crippen LogP contribution in [0.1, 0.15) is 66.8 Å². The smallest absolute Gasteiger partial charge is 0.333 e. The summed E-state index contributed by atoms with van der Waals surface area (Å²) in [6.07, 6.45) is 2.04. The Labute approximate surface area is 296 Å². The van der Waals surface area contributed by atoms with Crippen LogP contribution >= 0.6 is 11.6 Å². The van der Waals surface area contributed by atoms with Crippen molar-refractivity contribution in [2.75, 3.05) is 0 Å². The van der Waals surface area contributed by atoms with Crippen molar-refractivity contribution < 1.29 is 9.53 Å². The van der Waals surface area contributed by atoms with Gasteiger partial charge in [0.2, 0.25) is 0 Å². The van der Waals surface area contributed by atoms with E-state index in [4.69, 9.17) is 16.3 Å². The van der Waals surface area contributed by atoms with Gasteiger partial charge in [-0.1, -0.05) is 190 Å². The Morgan fingerprint density at radius 1 is 0.551 bits per heavy atom. The van der Waals surface area contributed by atoms with Gasteiger partial charge in [-0.15, -0.1) is 11.6 Å². The number of hydrogen-bond donors (Lipinski definition) is 0. The maximum absolute atomic E-state index is 15.3. The van der Waals surface area contributed by atoms with Crippen LogP contribution in [-0.4, -0.2) is 10.8 Å². The Morgan fingerprint density at radius 2 is 0.918 bits per heavy atom. The molecule has 0 saturated carbocycles. The Balaban J connectivity index is 1.90. The summed E-state index contributed by atoms with van der Waals surface area (Å²) >= 11 is 8.36. The molecular formula is C46H43ClO2. The average molecular weight is 663 g/mol. The molecule has 2 unspecified atom stereocenters. The van der Waals surface area contributed by atoms with Crippen molar-refractivity contribution in [1.29, 1.82) is 0 Å². The highest BCUT2D eigenvalue weighted by Crippen LogP contribution is 2.66. The summed E-state index contributed by atoms with van der Waals surface area (Å²) in [7, 11) is 0. The zero-order valence-corrected chi connectivity index (χ0v) is 29.0. The summed E-state index contributed by atoms with van der Waals surface area (Å²) in [5, 5.41) is 0. The highest BCUT2D eigenvalue weighted by molar-refractivity contribution is 6.36. The predicted octanol–water partition coefficient (Wildman–Crippen LogP) is 11.5. The maximum Gasteiger partial charge on any atom is 0.333 e. The summed E-state index contributed by atoms with van der Waals surface area (Å²) in [6, 6.07) is 62.3. The van der Waals surface area contributed by atoms with Crippen molar-refractivity contribution in [1.82, 2.24) is 0 Å². The third-order valence-electron chi connectivity index (χ3n) is 10.1. The van der Waals surface area contributed by atoms with Gasteiger partial charge >= 0.3 is 5.97 Å². The average Bonchev–Trinajstić information content (AvgIpc) is 3.18. The van der Waals surface area contributed by atoms with Gasteiger partial charge in [0.15, 0.2) is 4.87 Å². The van der Waals surface area contributed by atoms with Crippen molar-refractivity contribution in [3.05, 3.63) is 210 Å². The second-order valence-electron chi connectivity index (χ2n) is 12.6. The van der Waals surface area contributed by atoms with E-state index >= 15 is 4.79 Å². The Hall–Kier alpha value is -4.92. The van der Waals surface area contributed by atoms with Crippen molar-refractivity contribution in [3.63, 3.8) is 0 Å². The number of para-hydroxylation sites is 1. The molecule has 49 heavy (non-hydrogen) atoms. The van der Waals surface area contributed by atoms with E-state index in [1.54, 1.807) is 0 Å². The molecule has 6 rings (SSSR count). The third-order valence-corrected chi connectivity index (χ3v) is 10.8. The first kappa shape index (κ1) is 34.0. The van der Waals surface area contributed by atoms with Crippen molar-refractivity contribution in [3.8, 4) is 5.75 Å². The lowest BCUT2D eigenvalue weighted by atomic mass is 9.42. The summed E-state index contributed by atoms with van der Waals surface area (Å²) in [5.74, 6) is -0.160. The summed E-state index contributed by atoms with van der Waals surface area (Å²) in [6.45, 7) is 4.25. The molecule has 6 aromatic carbocycles. The molecule has 0 amide bonds. The standard InChI is InChI=1S/C46H43ClO2/c1-3-23-42(36-24-11-5-12-25-36)45(37-26-13-6-14-27-37,38-28-15-7-16-29-38)46(39-30-17-8-18-31-39,40-32-19-9-20-33-40)44(47,4-2)43(48)49-41-34-21-10-22-35-41/h5-22,24-35,42H,3-4,23H2,1-2H3. The molecule has 0 N–H and O–H groups in total. The number of benzene rings is 6. The number of carbonyl (C=O) groups is 1. The Bertz CT molecular complexity index is 1820. The van der Waals surface area contributed by atoms with E-state index < -0.39 is 21.7 Å². The fourth-order valence-corrected chi connectivity index (χ4v) is 8.69. The lowest BCUT2D eigenvalue weighted by molar-refractivity contribution is -0.140. The zero-order valence-electron chi connectivity index (χ0n) is 28.2. The van der Waals surface area contributed by atoms with E-state index in [1.807, 2.05) is 49.4 Å². The number of alkyl halides is 1. The first-order chi connectivity index (χ1) is 24.0. The second kappa shape index (κ2) is 15.1. The Kier molecular flexibility index (Phi) is 10.5. The minimum absolute atomic E-state index is 0.127. The first-order valence-corrected chi connectivity index (χ1v) is 17.6. The van der Waals surface area contributed by atoms with E-state index in [2.05, 4.69) is 146 Å². The molecule has 0 radical (unpaired) electrons. The molecule has 0 fully saturated rings. The lowest BCUT2D eigenvalue weighted by Crippen LogP contribution is -2.67. The molecule has 0 aliphatic heterocycles. The monoisotopic (exact) mass is 662 g/mol. The van der Waals surface area contributed by atoms with Crippen molar-refractivity contribution in [2.24, 2.45) is 0 Å². The molecule has 0 spiro atoms. The molecule has 6 aromatic rings. The van der Waals surface area contributed by atoms with Gasteiger partial charge in [-0.25, -0.2) is 4.79 Å². The molecule has 3 heteroatoms. The number of halogens is 1. The van der Waals surface area contributed by atoms with Gasteiger partial charge in [-0.2, -0.15) is 0 Å². The Morgan fingerprint density at radius 3 is 1.31 bits per heavy atom. The molecular weight excluding hydrogens is 620 g/mol. The van der Waals surface area contributed by atoms with Gasteiger partial charge in [0, 0.05) is 5.41 Å². The SMILES string of the molecule is CCCC(c1ccccc1)C(c1ccccc1)(c1ccccc1)C(c1ccccc1)(c1ccccc1)C(Cl)(CC)C(=O)Oc1ccccc1. The summed E-state index contributed by atoms with van der Waals surface area (Å²) in [5.41, 5.74) is 3.04. The van der Waals surface area contributed by atoms with Crippen molar-refractivity contribution >= 4 is 17.6 Å². The summed E-state index contributed by atoms with van der Waals surface area (Å²) < 4.78 is 6.36. The largest absolute Gasteiger partial charge is 0.425 e. The number of hydrogen-bond acceptors (Lipinski definition) is 2. The molecule has 0 aliphatic rings. The van der Waals surface area contributed by atoms with Gasteiger partial charge in [0.1, 0.15) is 5.75 Å². The molecule has 0 aliphatic carbocycles. The molecule has 0 saturated heterocycles. The number of esters is 1. The van der Waals surface area contributed by atoms with Crippen LogP contribution in [0.2, 0.25) is 0 Å². The van der Waals surface area contributed by atoms with Crippen LogP contribution in [0.25, 0.3) is 0 Å². The van der Waals surface area contributed by atoms with Crippen molar-refractivity contribution in [2.45, 2.75) is 54.7 Å². The molecule has 0 aromatic heterocycles. The van der Waals surface area contributed by atoms with Gasteiger partial charge in [0.25, 0.3) is 0 Å². The van der Waals surface area contributed by atoms with E-state index in [9.17, 15) is 0 Å². The number of carbonyl (C=O) groups excluding carboxylic acids is 1. The van der Waals surface area contributed by atoms with Gasteiger partial charge in [-0.3, -0.25) is 0 Å². The number of ether oxygens (including phenoxy) is 1. The van der Waals surface area contributed by atoms with Gasteiger partial charge < -0.3 is 4.74 Å². The molecule has 246 valence electrons. The van der Waals surface area contributed by atoms with Crippen LogP contribution in [0.5, 0.6) is 5.75 Å². The van der Waals surface area contributed by atoms with E-state index in [-0.39, 0.29) is 5.92 Å². The topological polar surface area (TPSA) is 26.3 Å². The fourth-order valence-electron chi connectivity index (χ4n) is 8.28. The van der Waals surface area contributed by atoms with Gasteiger partial charge in [0.05, 0.1) is 5.41 Å². The molecule has 0 heterocycles. The van der Waals surface area contributed by atoms with E-state index in [0.717, 1.165) is 35.1 Å². The first-order valence-electron chi connectivity index (χ1n) is 17.3. The van der Waals surface area contributed by atoms with Crippen LogP contribution < -0.4 is 4.74 Å². The summed E-state index contributed by atoms with van der Waals surface area (Å²) in [4.78, 5) is 13.7. The molecule has 2 atom stereocenters. The normalized spacial score (nSPS) is 13.6. The van der Waals surface area contributed by atoms with E-state index in [1.165, 1.54) is 5.56 Å². The maximum atomic E-state index is 15.3. The molecule has 0 bridgehead atoms. The van der Waals surface area contributed by atoms with Crippen LogP contribution in [0, 0.1) is 0 Å². The zero-order chi connectivity index (χ0) is 34.2. The third kappa shape index (κ3) is 5.89.